The van der Waals surface area contributed by atoms with E-state index in [1.165, 1.54) is 0 Å². The highest BCUT2D eigenvalue weighted by Gasteiger charge is 2.10. The number of aromatic nitrogens is 1. The summed E-state index contributed by atoms with van der Waals surface area (Å²) in [4.78, 5) is 16.6. The van der Waals surface area contributed by atoms with Gasteiger partial charge < -0.3 is 10.6 Å². The Labute approximate surface area is 145 Å². The minimum Gasteiger partial charge on any atom is -0.355 e. The molecule has 3 rings (SSSR count). The Hall–Kier alpha value is -2.85. The van der Waals surface area contributed by atoms with E-state index in [4.69, 9.17) is 11.6 Å². The summed E-state index contributed by atoms with van der Waals surface area (Å²) in [6.45, 7) is 1.91. The van der Waals surface area contributed by atoms with Crippen molar-refractivity contribution in [2.45, 2.75) is 6.92 Å². The van der Waals surface area contributed by atoms with E-state index in [0.717, 1.165) is 16.9 Å². The molecule has 2 N–H and O–H groups in total. The summed E-state index contributed by atoms with van der Waals surface area (Å²) in [5, 5.41) is 6.66. The molecule has 0 spiro atoms. The van der Waals surface area contributed by atoms with Crippen molar-refractivity contribution in [3.63, 3.8) is 0 Å². The molecular formula is C19H16ClN3O. The Morgan fingerprint density at radius 1 is 1.00 bits per heavy atom. The number of para-hydroxylation sites is 1. The molecule has 0 radical (unpaired) electrons. The predicted octanol–water partition coefficient (Wildman–Crippen LogP) is 5.04. The second-order valence-electron chi connectivity index (χ2n) is 5.33. The SMILES string of the molecule is Cc1ccc(Cl)cc1NC(=O)c1cc(Nc2ccccc2)ccn1. The van der Waals surface area contributed by atoms with Crippen LogP contribution < -0.4 is 10.6 Å². The third kappa shape index (κ3) is 3.91. The van der Waals surface area contributed by atoms with Crippen LogP contribution in [-0.4, -0.2) is 10.9 Å². The van der Waals surface area contributed by atoms with E-state index in [-0.39, 0.29) is 5.91 Å². The number of anilines is 3. The number of amides is 1. The van der Waals surface area contributed by atoms with Crippen LogP contribution >= 0.6 is 11.6 Å². The van der Waals surface area contributed by atoms with E-state index in [2.05, 4.69) is 15.6 Å². The van der Waals surface area contributed by atoms with Crippen LogP contribution in [0.1, 0.15) is 16.1 Å². The van der Waals surface area contributed by atoms with Crippen molar-refractivity contribution >= 4 is 34.6 Å². The van der Waals surface area contributed by atoms with E-state index in [1.807, 2.05) is 49.4 Å². The summed E-state index contributed by atoms with van der Waals surface area (Å²) in [6, 6.07) is 18.6. The number of nitrogens with one attached hydrogen (secondary N) is 2. The number of benzene rings is 2. The molecule has 0 saturated heterocycles. The van der Waals surface area contributed by atoms with Gasteiger partial charge in [-0.05, 0) is 48.9 Å². The van der Waals surface area contributed by atoms with Crippen molar-refractivity contribution in [1.29, 1.82) is 0 Å². The molecule has 3 aromatic rings. The second-order valence-corrected chi connectivity index (χ2v) is 5.77. The molecule has 120 valence electrons. The van der Waals surface area contributed by atoms with Crippen LogP contribution in [-0.2, 0) is 0 Å². The van der Waals surface area contributed by atoms with Crippen LogP contribution in [0.2, 0.25) is 5.02 Å². The molecule has 0 saturated carbocycles. The Balaban J connectivity index is 1.78. The lowest BCUT2D eigenvalue weighted by molar-refractivity contribution is 0.102. The zero-order chi connectivity index (χ0) is 16.9. The third-order valence-electron chi connectivity index (χ3n) is 3.50. The normalized spacial score (nSPS) is 10.2. The molecule has 1 aromatic heterocycles. The van der Waals surface area contributed by atoms with Gasteiger partial charge in [0.1, 0.15) is 5.69 Å². The number of halogens is 1. The molecule has 0 bridgehead atoms. The molecule has 0 aliphatic rings. The Morgan fingerprint density at radius 3 is 2.58 bits per heavy atom. The number of aryl methyl sites for hydroxylation is 1. The minimum absolute atomic E-state index is 0.280. The van der Waals surface area contributed by atoms with E-state index in [9.17, 15) is 4.79 Å². The zero-order valence-electron chi connectivity index (χ0n) is 13.1. The van der Waals surface area contributed by atoms with Crippen molar-refractivity contribution in [3.8, 4) is 0 Å². The summed E-state index contributed by atoms with van der Waals surface area (Å²) in [6.07, 6.45) is 1.60. The smallest absolute Gasteiger partial charge is 0.274 e. The fourth-order valence-electron chi connectivity index (χ4n) is 2.24. The maximum atomic E-state index is 12.4. The molecule has 0 atom stereocenters. The maximum Gasteiger partial charge on any atom is 0.274 e. The fourth-order valence-corrected chi connectivity index (χ4v) is 2.41. The topological polar surface area (TPSA) is 54.0 Å². The van der Waals surface area contributed by atoms with E-state index < -0.39 is 0 Å². The van der Waals surface area contributed by atoms with E-state index in [1.54, 1.807) is 24.4 Å². The van der Waals surface area contributed by atoms with Gasteiger partial charge in [0.25, 0.3) is 5.91 Å². The summed E-state index contributed by atoms with van der Waals surface area (Å²) in [5.41, 5.74) is 3.68. The zero-order valence-corrected chi connectivity index (χ0v) is 13.8. The van der Waals surface area contributed by atoms with Crippen LogP contribution in [0, 0.1) is 6.92 Å². The van der Waals surface area contributed by atoms with Crippen LogP contribution in [0.5, 0.6) is 0 Å². The van der Waals surface area contributed by atoms with Gasteiger partial charge in [-0.25, -0.2) is 0 Å². The number of carbonyl (C=O) groups is 1. The average molecular weight is 338 g/mol. The average Bonchev–Trinajstić information content (AvgIpc) is 2.59. The lowest BCUT2D eigenvalue weighted by Gasteiger charge is -2.10. The number of hydrogen-bond donors (Lipinski definition) is 2. The molecule has 0 fully saturated rings. The molecular weight excluding hydrogens is 322 g/mol. The summed E-state index contributed by atoms with van der Waals surface area (Å²) < 4.78 is 0. The quantitative estimate of drug-likeness (QED) is 0.701. The third-order valence-corrected chi connectivity index (χ3v) is 3.74. The highest BCUT2D eigenvalue weighted by Crippen LogP contribution is 2.21. The van der Waals surface area contributed by atoms with Crippen molar-refractivity contribution in [1.82, 2.24) is 4.98 Å². The fraction of sp³-hybridized carbons (Fsp3) is 0.0526. The first-order valence-corrected chi connectivity index (χ1v) is 7.85. The Bertz CT molecular complexity index is 865. The molecule has 4 nitrogen and oxygen atoms in total. The largest absolute Gasteiger partial charge is 0.355 e. The van der Waals surface area contributed by atoms with E-state index >= 15 is 0 Å². The van der Waals surface area contributed by atoms with E-state index in [0.29, 0.717) is 16.4 Å². The van der Waals surface area contributed by atoms with Crippen LogP contribution in [0.15, 0.2) is 66.9 Å². The van der Waals surface area contributed by atoms with Gasteiger partial charge in [-0.15, -0.1) is 0 Å². The van der Waals surface area contributed by atoms with Crippen LogP contribution in [0.4, 0.5) is 17.1 Å². The first-order chi connectivity index (χ1) is 11.6. The molecule has 2 aromatic carbocycles. The minimum atomic E-state index is -0.280. The standard InChI is InChI=1S/C19H16ClN3O/c1-13-7-8-14(20)11-17(13)23-19(24)18-12-16(9-10-21-18)22-15-5-3-2-4-6-15/h2-12H,1H3,(H,21,22)(H,23,24). The molecule has 24 heavy (non-hydrogen) atoms. The van der Waals surface area contributed by atoms with Gasteiger partial charge in [0.05, 0.1) is 0 Å². The summed E-state index contributed by atoms with van der Waals surface area (Å²) in [5.74, 6) is -0.280. The number of rotatable bonds is 4. The molecule has 0 unspecified atom stereocenters. The molecule has 0 aliphatic heterocycles. The molecule has 1 amide bonds. The monoisotopic (exact) mass is 337 g/mol. The van der Waals surface area contributed by atoms with Crippen LogP contribution in [0.25, 0.3) is 0 Å². The van der Waals surface area contributed by atoms with Crippen molar-refractivity contribution in [2.24, 2.45) is 0 Å². The lowest BCUT2D eigenvalue weighted by atomic mass is 10.2. The molecule has 0 aliphatic carbocycles. The first-order valence-electron chi connectivity index (χ1n) is 7.47. The van der Waals surface area contributed by atoms with Gasteiger partial charge in [0, 0.05) is 28.3 Å². The highest BCUT2D eigenvalue weighted by atomic mass is 35.5. The van der Waals surface area contributed by atoms with Gasteiger partial charge in [0.15, 0.2) is 0 Å². The predicted molar refractivity (Wildman–Crippen MR) is 98.1 cm³/mol. The lowest BCUT2D eigenvalue weighted by Crippen LogP contribution is -2.14. The van der Waals surface area contributed by atoms with Crippen LogP contribution in [0.3, 0.4) is 0 Å². The van der Waals surface area contributed by atoms with Crippen molar-refractivity contribution in [2.75, 3.05) is 10.6 Å². The second kappa shape index (κ2) is 7.15. The molecule has 5 heteroatoms. The summed E-state index contributed by atoms with van der Waals surface area (Å²) >= 11 is 5.98. The number of nitrogens with zero attached hydrogens (tertiary/aromatic N) is 1. The number of hydrogen-bond acceptors (Lipinski definition) is 3. The van der Waals surface area contributed by atoms with Crippen molar-refractivity contribution < 1.29 is 4.79 Å². The first kappa shape index (κ1) is 16.0. The summed E-state index contributed by atoms with van der Waals surface area (Å²) in [7, 11) is 0. The van der Waals surface area contributed by atoms with Gasteiger partial charge in [-0.1, -0.05) is 35.9 Å². The van der Waals surface area contributed by atoms with Gasteiger partial charge in [0.2, 0.25) is 0 Å². The Morgan fingerprint density at radius 2 is 1.79 bits per heavy atom. The van der Waals surface area contributed by atoms with Gasteiger partial charge in [-0.3, -0.25) is 9.78 Å². The molecule has 1 heterocycles. The number of pyridine rings is 1. The highest BCUT2D eigenvalue weighted by molar-refractivity contribution is 6.31. The van der Waals surface area contributed by atoms with Gasteiger partial charge in [-0.2, -0.15) is 0 Å². The number of carbonyl (C=O) groups excluding carboxylic acids is 1. The maximum absolute atomic E-state index is 12.4. The van der Waals surface area contributed by atoms with Crippen molar-refractivity contribution in [3.05, 3.63) is 83.1 Å². The van der Waals surface area contributed by atoms with Gasteiger partial charge >= 0.3 is 0 Å². The Kier molecular flexibility index (Phi) is 4.77.